The SMILES string of the molecule is CC1CC=C(c2cc(N(C(=O)[C@H]3CC[C@H](C)CC3)C3CCCCC3)c(C(=O)O)s2)CC1. The number of aromatic carboxylic acids is 1. The number of carbonyl (C=O) groups excluding carboxylic acids is 1. The Kier molecular flexibility index (Phi) is 7.20. The summed E-state index contributed by atoms with van der Waals surface area (Å²) in [6.45, 7) is 4.54. The molecule has 1 N–H and O–H groups in total. The second-order valence-electron chi connectivity index (χ2n) is 10.2. The molecule has 1 aromatic rings. The van der Waals surface area contributed by atoms with E-state index in [9.17, 15) is 14.7 Å². The fraction of sp³-hybridized carbons (Fsp3) is 0.692. The van der Waals surface area contributed by atoms with Crippen molar-refractivity contribution >= 4 is 34.5 Å². The Morgan fingerprint density at radius 1 is 0.968 bits per heavy atom. The first-order chi connectivity index (χ1) is 14.9. The lowest BCUT2D eigenvalue weighted by Crippen LogP contribution is -2.46. The molecule has 1 atom stereocenters. The number of allylic oxidation sites excluding steroid dienone is 2. The fourth-order valence-corrected chi connectivity index (χ4v) is 6.66. The topological polar surface area (TPSA) is 57.6 Å². The maximum Gasteiger partial charge on any atom is 0.348 e. The van der Waals surface area contributed by atoms with Gasteiger partial charge in [0.1, 0.15) is 4.88 Å². The molecule has 0 aromatic carbocycles. The van der Waals surface area contributed by atoms with E-state index in [-0.39, 0.29) is 17.9 Å². The quantitative estimate of drug-likeness (QED) is 0.526. The van der Waals surface area contributed by atoms with Crippen molar-refractivity contribution in [2.24, 2.45) is 17.8 Å². The average Bonchev–Trinajstić information content (AvgIpc) is 3.21. The van der Waals surface area contributed by atoms with Gasteiger partial charge in [0.15, 0.2) is 0 Å². The molecule has 4 nitrogen and oxygen atoms in total. The predicted octanol–water partition coefficient (Wildman–Crippen LogP) is 7.14. The van der Waals surface area contributed by atoms with Crippen molar-refractivity contribution < 1.29 is 14.7 Å². The van der Waals surface area contributed by atoms with Gasteiger partial charge in [0.25, 0.3) is 0 Å². The second kappa shape index (κ2) is 9.89. The molecule has 3 aliphatic rings. The van der Waals surface area contributed by atoms with Gasteiger partial charge in [0.2, 0.25) is 5.91 Å². The van der Waals surface area contributed by atoms with Crippen molar-refractivity contribution in [1.29, 1.82) is 0 Å². The van der Waals surface area contributed by atoms with Gasteiger partial charge in [0, 0.05) is 16.8 Å². The van der Waals surface area contributed by atoms with Crippen molar-refractivity contribution in [1.82, 2.24) is 0 Å². The lowest BCUT2D eigenvalue weighted by molar-refractivity contribution is -0.124. The molecule has 3 aliphatic carbocycles. The van der Waals surface area contributed by atoms with Gasteiger partial charge in [-0.25, -0.2) is 4.79 Å². The van der Waals surface area contributed by atoms with Crippen LogP contribution in [0.3, 0.4) is 0 Å². The highest BCUT2D eigenvalue weighted by Gasteiger charge is 2.36. The number of carbonyl (C=O) groups is 2. The molecule has 1 unspecified atom stereocenters. The maximum atomic E-state index is 13.8. The highest BCUT2D eigenvalue weighted by atomic mass is 32.1. The number of carboxylic acids is 1. The van der Waals surface area contributed by atoms with Crippen LogP contribution in [-0.2, 0) is 4.79 Å². The van der Waals surface area contributed by atoms with Gasteiger partial charge in [-0.05, 0) is 81.3 Å². The summed E-state index contributed by atoms with van der Waals surface area (Å²) in [5.41, 5.74) is 1.93. The molecule has 5 heteroatoms. The monoisotopic (exact) mass is 443 g/mol. The standard InChI is InChI=1S/C26H37NO3S/c1-17-8-12-19(13-9-17)23-16-22(24(31-23)26(29)30)27(21-6-4-3-5-7-21)25(28)20-14-10-18(2)11-15-20/h12,16-18,20-21H,3-11,13-15H2,1-2H3,(H,29,30)/t17?,18-,20-. The minimum atomic E-state index is -0.901. The highest BCUT2D eigenvalue weighted by Crippen LogP contribution is 2.42. The van der Waals surface area contributed by atoms with Crippen LogP contribution in [0.15, 0.2) is 12.1 Å². The molecular weight excluding hydrogens is 406 g/mol. The largest absolute Gasteiger partial charge is 0.477 e. The van der Waals surface area contributed by atoms with Crippen molar-refractivity contribution in [3.63, 3.8) is 0 Å². The van der Waals surface area contributed by atoms with E-state index < -0.39 is 5.97 Å². The van der Waals surface area contributed by atoms with Gasteiger partial charge < -0.3 is 10.0 Å². The summed E-state index contributed by atoms with van der Waals surface area (Å²) < 4.78 is 0. The zero-order chi connectivity index (χ0) is 22.0. The van der Waals surface area contributed by atoms with Crippen LogP contribution >= 0.6 is 11.3 Å². The summed E-state index contributed by atoms with van der Waals surface area (Å²) in [4.78, 5) is 29.4. The van der Waals surface area contributed by atoms with Gasteiger partial charge in [-0.15, -0.1) is 11.3 Å². The molecule has 0 radical (unpaired) electrons. The Labute approximate surface area is 190 Å². The molecule has 1 amide bonds. The van der Waals surface area contributed by atoms with Crippen molar-refractivity contribution in [3.05, 3.63) is 21.9 Å². The maximum absolute atomic E-state index is 13.8. The third kappa shape index (κ3) is 5.08. The molecule has 0 spiro atoms. The van der Waals surface area contributed by atoms with Crippen molar-refractivity contribution in [3.8, 4) is 0 Å². The van der Waals surface area contributed by atoms with Crippen LogP contribution < -0.4 is 4.90 Å². The van der Waals surface area contributed by atoms with Gasteiger partial charge >= 0.3 is 5.97 Å². The van der Waals surface area contributed by atoms with E-state index in [1.165, 1.54) is 23.3 Å². The van der Waals surface area contributed by atoms with E-state index >= 15 is 0 Å². The van der Waals surface area contributed by atoms with Crippen LogP contribution in [0, 0.1) is 17.8 Å². The average molecular weight is 444 g/mol. The Morgan fingerprint density at radius 2 is 1.68 bits per heavy atom. The number of thiophene rings is 1. The smallest absolute Gasteiger partial charge is 0.348 e. The summed E-state index contributed by atoms with van der Waals surface area (Å²) in [5.74, 6) is 0.697. The Balaban J connectivity index is 1.69. The summed E-state index contributed by atoms with van der Waals surface area (Å²) >= 11 is 1.37. The Bertz CT molecular complexity index is 828. The number of hydrogen-bond acceptors (Lipinski definition) is 3. The number of anilines is 1. The van der Waals surface area contributed by atoms with Crippen LogP contribution in [0.5, 0.6) is 0 Å². The van der Waals surface area contributed by atoms with E-state index in [1.54, 1.807) is 0 Å². The molecule has 2 saturated carbocycles. The second-order valence-corrected chi connectivity index (χ2v) is 11.2. The van der Waals surface area contributed by atoms with E-state index in [0.717, 1.165) is 75.5 Å². The first kappa shape index (κ1) is 22.6. The van der Waals surface area contributed by atoms with Gasteiger partial charge in [-0.2, -0.15) is 0 Å². The summed E-state index contributed by atoms with van der Waals surface area (Å²) in [7, 11) is 0. The van der Waals surface area contributed by atoms with Crippen LogP contribution in [0.2, 0.25) is 0 Å². The molecule has 31 heavy (non-hydrogen) atoms. The number of hydrogen-bond donors (Lipinski definition) is 1. The molecule has 0 bridgehead atoms. The molecule has 2 fully saturated rings. The minimum absolute atomic E-state index is 0.0397. The minimum Gasteiger partial charge on any atom is -0.477 e. The number of rotatable bonds is 5. The summed E-state index contributed by atoms with van der Waals surface area (Å²) in [6, 6.07) is 2.18. The molecule has 1 heterocycles. The Morgan fingerprint density at radius 3 is 2.29 bits per heavy atom. The molecule has 0 saturated heterocycles. The van der Waals surface area contributed by atoms with Crippen LogP contribution in [-0.4, -0.2) is 23.0 Å². The summed E-state index contributed by atoms with van der Waals surface area (Å²) in [6.07, 6.45) is 15.0. The zero-order valence-corrected chi connectivity index (χ0v) is 19.9. The molecule has 1 aromatic heterocycles. The number of carboxylic acid groups (broad SMARTS) is 1. The van der Waals surface area contributed by atoms with E-state index in [0.29, 0.717) is 22.4 Å². The summed E-state index contributed by atoms with van der Waals surface area (Å²) in [5, 5.41) is 10.0. The third-order valence-corrected chi connectivity index (χ3v) is 8.89. The lowest BCUT2D eigenvalue weighted by Gasteiger charge is -2.38. The first-order valence-corrected chi connectivity index (χ1v) is 13.1. The van der Waals surface area contributed by atoms with Crippen molar-refractivity contribution in [2.45, 2.75) is 96.9 Å². The molecular formula is C26H37NO3S. The fourth-order valence-electron chi connectivity index (χ4n) is 5.60. The molecule has 170 valence electrons. The zero-order valence-electron chi connectivity index (χ0n) is 19.1. The lowest BCUT2D eigenvalue weighted by atomic mass is 9.81. The predicted molar refractivity (Wildman–Crippen MR) is 128 cm³/mol. The van der Waals surface area contributed by atoms with Crippen molar-refractivity contribution in [2.75, 3.05) is 4.90 Å². The van der Waals surface area contributed by atoms with Crippen LogP contribution in [0.1, 0.15) is 105 Å². The normalized spacial score (nSPS) is 27.5. The number of nitrogens with zero attached hydrogens (tertiary/aromatic N) is 1. The van der Waals surface area contributed by atoms with Crippen LogP contribution in [0.4, 0.5) is 5.69 Å². The van der Waals surface area contributed by atoms with E-state index in [4.69, 9.17) is 0 Å². The molecule has 0 aliphatic heterocycles. The van der Waals surface area contributed by atoms with Gasteiger partial charge in [-0.3, -0.25) is 4.79 Å². The number of amides is 1. The molecule has 4 rings (SSSR count). The van der Waals surface area contributed by atoms with E-state index in [1.807, 2.05) is 11.0 Å². The Hall–Kier alpha value is -1.62. The first-order valence-electron chi connectivity index (χ1n) is 12.3. The third-order valence-electron chi connectivity index (χ3n) is 7.70. The van der Waals surface area contributed by atoms with Crippen LogP contribution in [0.25, 0.3) is 5.57 Å². The van der Waals surface area contributed by atoms with Gasteiger partial charge in [0.05, 0.1) is 5.69 Å². The van der Waals surface area contributed by atoms with E-state index in [2.05, 4.69) is 19.9 Å². The highest BCUT2D eigenvalue weighted by molar-refractivity contribution is 7.15. The van der Waals surface area contributed by atoms with Gasteiger partial charge in [-0.1, -0.05) is 39.2 Å².